The monoisotopic (exact) mass is 391 g/mol. The number of nitrogens with two attached hydrogens (primary N) is 1. The molecule has 0 spiro atoms. The number of aryl methyl sites for hydroxylation is 1. The van der Waals surface area contributed by atoms with Crippen LogP contribution in [0.4, 0.5) is 5.00 Å². The summed E-state index contributed by atoms with van der Waals surface area (Å²) in [4.78, 5) is 36.2. The SMILES string of the molecule is COC(=O)c1ccc(C(=O)NC(=S)Nc2sc(C)c(C)c2C(N)=O)cc1. The zero-order chi connectivity index (χ0) is 19.4. The largest absolute Gasteiger partial charge is 0.465 e. The molecule has 0 fully saturated rings. The minimum absolute atomic E-state index is 0.0378. The van der Waals surface area contributed by atoms with E-state index in [2.05, 4.69) is 15.4 Å². The summed E-state index contributed by atoms with van der Waals surface area (Å²) < 4.78 is 4.60. The molecule has 0 aliphatic rings. The number of thiocarbonyl (C=S) groups is 1. The van der Waals surface area contributed by atoms with Gasteiger partial charge in [0.15, 0.2) is 5.11 Å². The number of hydrogen-bond acceptors (Lipinski definition) is 6. The number of carbonyl (C=O) groups excluding carboxylic acids is 3. The van der Waals surface area contributed by atoms with Gasteiger partial charge in [0, 0.05) is 10.4 Å². The Hall–Kier alpha value is -2.78. The molecule has 26 heavy (non-hydrogen) atoms. The number of methoxy groups -OCH3 is 1. The van der Waals surface area contributed by atoms with Crippen LogP contribution in [0.2, 0.25) is 0 Å². The lowest BCUT2D eigenvalue weighted by molar-refractivity contribution is 0.0600. The number of ether oxygens (including phenoxy) is 1. The summed E-state index contributed by atoms with van der Waals surface area (Å²) in [6.45, 7) is 3.66. The number of esters is 1. The van der Waals surface area contributed by atoms with Crippen LogP contribution in [0.15, 0.2) is 24.3 Å². The first-order valence-corrected chi connectivity index (χ1v) is 8.67. The van der Waals surface area contributed by atoms with Gasteiger partial charge >= 0.3 is 5.97 Å². The Morgan fingerprint density at radius 3 is 2.23 bits per heavy atom. The second-order valence-corrected chi connectivity index (χ2v) is 6.96. The minimum atomic E-state index is -0.568. The molecule has 0 saturated heterocycles. The van der Waals surface area contributed by atoms with Crippen molar-refractivity contribution in [3.8, 4) is 0 Å². The van der Waals surface area contributed by atoms with Crippen molar-refractivity contribution in [2.45, 2.75) is 13.8 Å². The Labute approximate surface area is 159 Å². The number of benzene rings is 1. The Kier molecular flexibility index (Phi) is 6.06. The highest BCUT2D eigenvalue weighted by molar-refractivity contribution is 7.80. The maximum atomic E-state index is 12.2. The van der Waals surface area contributed by atoms with Gasteiger partial charge in [-0.15, -0.1) is 11.3 Å². The normalized spacial score (nSPS) is 10.1. The van der Waals surface area contributed by atoms with E-state index in [4.69, 9.17) is 18.0 Å². The molecule has 4 N–H and O–H groups in total. The van der Waals surface area contributed by atoms with Crippen LogP contribution in [-0.4, -0.2) is 30.0 Å². The summed E-state index contributed by atoms with van der Waals surface area (Å²) in [5.41, 5.74) is 7.18. The fourth-order valence-electron chi connectivity index (χ4n) is 2.20. The second-order valence-electron chi connectivity index (χ2n) is 5.33. The minimum Gasteiger partial charge on any atom is -0.465 e. The van der Waals surface area contributed by atoms with Gasteiger partial charge in [0.25, 0.3) is 11.8 Å². The number of thiophene rings is 1. The molecule has 0 radical (unpaired) electrons. The molecule has 0 bridgehead atoms. The first-order chi connectivity index (χ1) is 12.2. The van der Waals surface area contributed by atoms with Crippen molar-refractivity contribution in [2.24, 2.45) is 5.73 Å². The fraction of sp³-hybridized carbons (Fsp3) is 0.176. The van der Waals surface area contributed by atoms with Gasteiger partial charge in [-0.05, 0) is 55.9 Å². The summed E-state index contributed by atoms with van der Waals surface area (Å²) in [6, 6.07) is 5.93. The molecule has 9 heteroatoms. The number of nitrogens with one attached hydrogen (secondary N) is 2. The lowest BCUT2D eigenvalue weighted by Gasteiger charge is -2.09. The maximum absolute atomic E-state index is 12.2. The van der Waals surface area contributed by atoms with E-state index in [9.17, 15) is 14.4 Å². The van der Waals surface area contributed by atoms with E-state index >= 15 is 0 Å². The molecular formula is C17H17N3O4S2. The topological polar surface area (TPSA) is 111 Å². The standard InChI is InChI=1S/C17H17N3O4S2/c1-8-9(2)26-15(12(8)13(18)21)20-17(25)19-14(22)10-4-6-11(7-5-10)16(23)24-3/h4-7H,1-3H3,(H2,18,21)(H2,19,20,22,25). The molecule has 7 nitrogen and oxygen atoms in total. The zero-order valence-corrected chi connectivity index (χ0v) is 16.0. The molecule has 1 aromatic carbocycles. The van der Waals surface area contributed by atoms with Crippen LogP contribution in [0.25, 0.3) is 0 Å². The molecule has 2 rings (SSSR count). The van der Waals surface area contributed by atoms with E-state index in [-0.39, 0.29) is 5.11 Å². The molecule has 136 valence electrons. The van der Waals surface area contributed by atoms with Crippen LogP contribution < -0.4 is 16.4 Å². The lowest BCUT2D eigenvalue weighted by atomic mass is 10.1. The first-order valence-electron chi connectivity index (χ1n) is 7.45. The van der Waals surface area contributed by atoms with Crippen molar-refractivity contribution in [2.75, 3.05) is 12.4 Å². The molecule has 1 heterocycles. The van der Waals surface area contributed by atoms with Crippen LogP contribution in [0.1, 0.15) is 41.5 Å². The maximum Gasteiger partial charge on any atom is 0.337 e. The molecule has 0 saturated carbocycles. The Balaban J connectivity index is 2.08. The van der Waals surface area contributed by atoms with Crippen molar-refractivity contribution < 1.29 is 19.1 Å². The number of anilines is 1. The van der Waals surface area contributed by atoms with Gasteiger partial charge in [-0.3, -0.25) is 14.9 Å². The summed E-state index contributed by atoms with van der Waals surface area (Å²) >= 11 is 6.46. The van der Waals surface area contributed by atoms with E-state index in [0.717, 1.165) is 10.4 Å². The highest BCUT2D eigenvalue weighted by Gasteiger charge is 2.19. The van der Waals surface area contributed by atoms with Gasteiger partial charge in [0.2, 0.25) is 0 Å². The average Bonchev–Trinajstić information content (AvgIpc) is 2.87. The highest BCUT2D eigenvalue weighted by Crippen LogP contribution is 2.31. The predicted octanol–water partition coefficient (Wildman–Crippen LogP) is 2.38. The van der Waals surface area contributed by atoms with Crippen molar-refractivity contribution in [1.82, 2.24) is 5.32 Å². The van der Waals surface area contributed by atoms with Gasteiger partial charge in [0.05, 0.1) is 18.2 Å². The zero-order valence-electron chi connectivity index (χ0n) is 14.3. The van der Waals surface area contributed by atoms with Crippen molar-refractivity contribution in [3.63, 3.8) is 0 Å². The van der Waals surface area contributed by atoms with E-state index in [1.807, 2.05) is 6.92 Å². The third-order valence-corrected chi connectivity index (χ3v) is 4.98. The third-order valence-electron chi connectivity index (χ3n) is 3.65. The molecule has 0 atom stereocenters. The van der Waals surface area contributed by atoms with Crippen LogP contribution in [0, 0.1) is 13.8 Å². The molecule has 2 amide bonds. The summed E-state index contributed by atoms with van der Waals surface area (Å²) in [5, 5.41) is 5.88. The van der Waals surface area contributed by atoms with Crippen molar-refractivity contribution in [1.29, 1.82) is 0 Å². The fourth-order valence-corrected chi connectivity index (χ4v) is 3.53. The summed E-state index contributed by atoms with van der Waals surface area (Å²) in [5.74, 6) is -1.51. The third kappa shape index (κ3) is 4.24. The molecule has 0 unspecified atom stereocenters. The quantitative estimate of drug-likeness (QED) is 0.545. The number of carbonyl (C=O) groups is 3. The van der Waals surface area contributed by atoms with E-state index in [1.54, 1.807) is 6.92 Å². The summed E-state index contributed by atoms with van der Waals surface area (Å²) in [7, 11) is 1.28. The van der Waals surface area contributed by atoms with E-state index in [1.165, 1.54) is 42.7 Å². The summed E-state index contributed by atoms with van der Waals surface area (Å²) in [6.07, 6.45) is 0. The number of hydrogen-bond donors (Lipinski definition) is 3. The second kappa shape index (κ2) is 8.07. The number of amides is 2. The van der Waals surface area contributed by atoms with E-state index in [0.29, 0.717) is 21.7 Å². The van der Waals surface area contributed by atoms with Gasteiger partial charge in [-0.1, -0.05) is 0 Å². The molecular weight excluding hydrogens is 374 g/mol. The molecule has 2 aromatic rings. The molecule has 0 aliphatic carbocycles. The van der Waals surface area contributed by atoms with Gasteiger partial charge in [0.1, 0.15) is 5.00 Å². The van der Waals surface area contributed by atoms with Crippen LogP contribution in [0.5, 0.6) is 0 Å². The van der Waals surface area contributed by atoms with Gasteiger partial charge in [-0.2, -0.15) is 0 Å². The van der Waals surface area contributed by atoms with Gasteiger partial charge in [-0.25, -0.2) is 4.79 Å². The van der Waals surface area contributed by atoms with Gasteiger partial charge < -0.3 is 15.8 Å². The average molecular weight is 391 g/mol. The first kappa shape index (κ1) is 19.5. The molecule has 1 aromatic heterocycles. The van der Waals surface area contributed by atoms with Crippen molar-refractivity contribution in [3.05, 3.63) is 51.4 Å². The lowest BCUT2D eigenvalue weighted by Crippen LogP contribution is -2.34. The molecule has 0 aliphatic heterocycles. The number of primary amides is 1. The Bertz CT molecular complexity index is 888. The number of rotatable bonds is 4. The Morgan fingerprint density at radius 2 is 1.69 bits per heavy atom. The van der Waals surface area contributed by atoms with Crippen LogP contribution in [-0.2, 0) is 4.74 Å². The highest BCUT2D eigenvalue weighted by atomic mass is 32.1. The van der Waals surface area contributed by atoms with Crippen LogP contribution >= 0.6 is 23.6 Å². The van der Waals surface area contributed by atoms with Crippen LogP contribution in [0.3, 0.4) is 0 Å². The Morgan fingerprint density at radius 1 is 1.12 bits per heavy atom. The van der Waals surface area contributed by atoms with E-state index < -0.39 is 17.8 Å². The van der Waals surface area contributed by atoms with Crippen molar-refractivity contribution >= 4 is 51.5 Å². The smallest absolute Gasteiger partial charge is 0.337 e. The predicted molar refractivity (Wildman–Crippen MR) is 104 cm³/mol.